The van der Waals surface area contributed by atoms with Gasteiger partial charge in [0.1, 0.15) is 0 Å². The third-order valence-corrected chi connectivity index (χ3v) is 3.89. The van der Waals surface area contributed by atoms with Crippen molar-refractivity contribution >= 4 is 0 Å². The van der Waals surface area contributed by atoms with Crippen molar-refractivity contribution in [3.05, 3.63) is 23.8 Å². The zero-order chi connectivity index (χ0) is 13.8. The topological polar surface area (TPSA) is 47.7 Å². The van der Waals surface area contributed by atoms with Crippen LogP contribution in [0, 0.1) is 0 Å². The lowest BCUT2D eigenvalue weighted by molar-refractivity contribution is 0.140. The molecule has 2 rings (SSSR count). The van der Waals surface area contributed by atoms with Gasteiger partial charge in [-0.2, -0.15) is 0 Å². The number of ether oxygens (including phenoxy) is 2. The number of hydrogen-bond donors (Lipinski definition) is 1. The van der Waals surface area contributed by atoms with E-state index in [1.807, 2.05) is 6.07 Å². The Morgan fingerprint density at radius 2 is 2.00 bits per heavy atom. The molecule has 2 unspecified atom stereocenters. The first kappa shape index (κ1) is 14.2. The molecule has 19 heavy (non-hydrogen) atoms. The molecule has 106 valence electrons. The zero-order valence-electron chi connectivity index (χ0n) is 12.1. The van der Waals surface area contributed by atoms with Crippen molar-refractivity contribution in [3.63, 3.8) is 0 Å². The SMILES string of the molecule is COc1ccc(CN2CCC(N)CC2C)cc1OC. The third kappa shape index (κ3) is 3.39. The van der Waals surface area contributed by atoms with E-state index in [1.54, 1.807) is 14.2 Å². The van der Waals surface area contributed by atoms with E-state index in [4.69, 9.17) is 15.2 Å². The molecule has 0 bridgehead atoms. The summed E-state index contributed by atoms with van der Waals surface area (Å²) in [7, 11) is 3.33. The highest BCUT2D eigenvalue weighted by molar-refractivity contribution is 5.42. The molecule has 1 aromatic carbocycles. The monoisotopic (exact) mass is 264 g/mol. The van der Waals surface area contributed by atoms with Gasteiger partial charge in [0, 0.05) is 25.2 Å². The summed E-state index contributed by atoms with van der Waals surface area (Å²) in [6.45, 7) is 4.25. The first-order valence-electron chi connectivity index (χ1n) is 6.84. The van der Waals surface area contributed by atoms with Crippen LogP contribution in [0.1, 0.15) is 25.3 Å². The van der Waals surface area contributed by atoms with E-state index in [2.05, 4.69) is 24.0 Å². The predicted molar refractivity (Wildman–Crippen MR) is 76.6 cm³/mol. The summed E-state index contributed by atoms with van der Waals surface area (Å²) in [4.78, 5) is 2.48. The number of nitrogens with two attached hydrogens (primary N) is 1. The van der Waals surface area contributed by atoms with Crippen LogP contribution in [-0.2, 0) is 6.54 Å². The maximum Gasteiger partial charge on any atom is 0.161 e. The molecule has 1 fully saturated rings. The minimum Gasteiger partial charge on any atom is -0.493 e. The molecule has 2 atom stereocenters. The maximum atomic E-state index is 6.00. The van der Waals surface area contributed by atoms with E-state index in [1.165, 1.54) is 5.56 Å². The minimum atomic E-state index is 0.358. The summed E-state index contributed by atoms with van der Waals surface area (Å²) in [6.07, 6.45) is 2.16. The molecule has 0 amide bonds. The fourth-order valence-electron chi connectivity index (χ4n) is 2.71. The standard InChI is InChI=1S/C15H24N2O2/c1-11-8-13(16)6-7-17(11)10-12-4-5-14(18-2)15(9-12)19-3/h4-5,9,11,13H,6-8,10,16H2,1-3H3. The summed E-state index contributed by atoms with van der Waals surface area (Å²) in [5, 5.41) is 0. The molecule has 4 nitrogen and oxygen atoms in total. The fraction of sp³-hybridized carbons (Fsp3) is 0.600. The molecule has 1 aromatic rings. The molecule has 4 heteroatoms. The molecule has 1 heterocycles. The number of benzene rings is 1. The van der Waals surface area contributed by atoms with Crippen LogP contribution < -0.4 is 15.2 Å². The molecule has 0 radical (unpaired) electrons. The third-order valence-electron chi connectivity index (χ3n) is 3.89. The molecule has 1 aliphatic rings. The lowest BCUT2D eigenvalue weighted by atomic mass is 9.98. The molecule has 0 saturated carbocycles. The smallest absolute Gasteiger partial charge is 0.161 e. The second-order valence-electron chi connectivity index (χ2n) is 5.29. The highest BCUT2D eigenvalue weighted by Crippen LogP contribution is 2.29. The average Bonchev–Trinajstić information content (AvgIpc) is 2.41. The van der Waals surface area contributed by atoms with Crippen molar-refractivity contribution in [1.29, 1.82) is 0 Å². The lowest BCUT2D eigenvalue weighted by Gasteiger charge is -2.36. The summed E-state index contributed by atoms with van der Waals surface area (Å²) in [6, 6.07) is 7.02. The quantitative estimate of drug-likeness (QED) is 0.904. The Morgan fingerprint density at radius 1 is 1.26 bits per heavy atom. The highest BCUT2D eigenvalue weighted by Gasteiger charge is 2.23. The zero-order valence-corrected chi connectivity index (χ0v) is 12.1. The van der Waals surface area contributed by atoms with Crippen LogP contribution in [0.4, 0.5) is 0 Å². The number of piperidine rings is 1. The first-order valence-corrected chi connectivity index (χ1v) is 6.84. The van der Waals surface area contributed by atoms with Crippen molar-refractivity contribution in [3.8, 4) is 11.5 Å². The van der Waals surface area contributed by atoms with Crippen LogP contribution in [0.5, 0.6) is 11.5 Å². The van der Waals surface area contributed by atoms with Crippen LogP contribution in [0.25, 0.3) is 0 Å². The Labute approximate surface area is 115 Å². The van der Waals surface area contributed by atoms with E-state index < -0.39 is 0 Å². The van der Waals surface area contributed by atoms with E-state index in [0.717, 1.165) is 37.4 Å². The summed E-state index contributed by atoms with van der Waals surface area (Å²) in [5.74, 6) is 1.57. The molecule has 0 spiro atoms. The number of methoxy groups -OCH3 is 2. The lowest BCUT2D eigenvalue weighted by Crippen LogP contribution is -2.44. The Morgan fingerprint density at radius 3 is 2.63 bits per heavy atom. The van der Waals surface area contributed by atoms with Gasteiger partial charge in [-0.05, 0) is 37.5 Å². The van der Waals surface area contributed by atoms with Gasteiger partial charge in [0.25, 0.3) is 0 Å². The van der Waals surface area contributed by atoms with Crippen LogP contribution in [0.3, 0.4) is 0 Å². The van der Waals surface area contributed by atoms with Gasteiger partial charge in [-0.25, -0.2) is 0 Å². The minimum absolute atomic E-state index is 0.358. The highest BCUT2D eigenvalue weighted by atomic mass is 16.5. The van der Waals surface area contributed by atoms with Gasteiger partial charge >= 0.3 is 0 Å². The van der Waals surface area contributed by atoms with Crippen molar-refractivity contribution in [2.75, 3.05) is 20.8 Å². The van der Waals surface area contributed by atoms with Gasteiger partial charge in [-0.3, -0.25) is 4.90 Å². The normalized spacial score (nSPS) is 24.2. The average molecular weight is 264 g/mol. The summed E-state index contributed by atoms with van der Waals surface area (Å²) >= 11 is 0. The summed E-state index contributed by atoms with van der Waals surface area (Å²) < 4.78 is 10.6. The molecule has 0 aromatic heterocycles. The first-order chi connectivity index (χ1) is 9.13. The van der Waals surface area contributed by atoms with Crippen LogP contribution >= 0.6 is 0 Å². The van der Waals surface area contributed by atoms with Crippen molar-refractivity contribution in [2.24, 2.45) is 5.73 Å². The molecular weight excluding hydrogens is 240 g/mol. The van der Waals surface area contributed by atoms with Crippen LogP contribution in [-0.4, -0.2) is 37.7 Å². The summed E-state index contributed by atoms with van der Waals surface area (Å²) in [5.41, 5.74) is 7.25. The van der Waals surface area contributed by atoms with Gasteiger partial charge in [0.05, 0.1) is 14.2 Å². The van der Waals surface area contributed by atoms with Gasteiger partial charge in [-0.1, -0.05) is 6.07 Å². The number of likely N-dealkylation sites (tertiary alicyclic amines) is 1. The molecule has 0 aliphatic carbocycles. The van der Waals surface area contributed by atoms with E-state index in [0.29, 0.717) is 12.1 Å². The van der Waals surface area contributed by atoms with Crippen LogP contribution in [0.15, 0.2) is 18.2 Å². The predicted octanol–water partition coefficient (Wildman–Crippen LogP) is 2.02. The van der Waals surface area contributed by atoms with Gasteiger partial charge in [0.15, 0.2) is 11.5 Å². The van der Waals surface area contributed by atoms with E-state index in [-0.39, 0.29) is 0 Å². The van der Waals surface area contributed by atoms with E-state index >= 15 is 0 Å². The molecular formula is C15H24N2O2. The molecule has 1 saturated heterocycles. The van der Waals surface area contributed by atoms with E-state index in [9.17, 15) is 0 Å². The number of nitrogens with zero attached hydrogens (tertiary/aromatic N) is 1. The number of rotatable bonds is 4. The Hall–Kier alpha value is -1.26. The van der Waals surface area contributed by atoms with Crippen molar-refractivity contribution in [1.82, 2.24) is 4.90 Å². The largest absolute Gasteiger partial charge is 0.493 e. The fourth-order valence-corrected chi connectivity index (χ4v) is 2.71. The maximum absolute atomic E-state index is 6.00. The Kier molecular flexibility index (Phi) is 4.66. The van der Waals surface area contributed by atoms with Crippen molar-refractivity contribution in [2.45, 2.75) is 38.4 Å². The van der Waals surface area contributed by atoms with Gasteiger partial charge in [-0.15, -0.1) is 0 Å². The molecule has 1 aliphatic heterocycles. The molecule has 2 N–H and O–H groups in total. The number of hydrogen-bond acceptors (Lipinski definition) is 4. The second kappa shape index (κ2) is 6.26. The van der Waals surface area contributed by atoms with Gasteiger partial charge in [0.2, 0.25) is 0 Å². The second-order valence-corrected chi connectivity index (χ2v) is 5.29. The van der Waals surface area contributed by atoms with Crippen molar-refractivity contribution < 1.29 is 9.47 Å². The van der Waals surface area contributed by atoms with Gasteiger partial charge < -0.3 is 15.2 Å². The van der Waals surface area contributed by atoms with Crippen LogP contribution in [0.2, 0.25) is 0 Å². The Balaban J connectivity index is 2.06. The Bertz CT molecular complexity index is 423.